The summed E-state index contributed by atoms with van der Waals surface area (Å²) >= 11 is 0. The molecule has 0 unspecified atom stereocenters. The molecule has 0 aliphatic heterocycles. The summed E-state index contributed by atoms with van der Waals surface area (Å²) in [6.45, 7) is 20.1. The summed E-state index contributed by atoms with van der Waals surface area (Å²) in [7, 11) is 0. The van der Waals surface area contributed by atoms with Gasteiger partial charge in [-0.1, -0.05) is 31.7 Å². The van der Waals surface area contributed by atoms with Crippen molar-refractivity contribution in [3.05, 3.63) is 48.2 Å². The first kappa shape index (κ1) is 17.1. The molecule has 1 nitrogen and oxygen atoms in total. The number of rotatable bonds is 7. The van der Waals surface area contributed by atoms with Crippen LogP contribution in [0.15, 0.2) is 48.2 Å². The van der Waals surface area contributed by atoms with Crippen molar-refractivity contribution in [1.29, 1.82) is 0 Å². The minimum Gasteiger partial charge on any atom is -0.384 e. The number of hydrogen-bond donors (Lipinski definition) is 1. The van der Waals surface area contributed by atoms with Crippen LogP contribution < -0.4 is 5.32 Å². The Hall–Kier alpha value is -1.24. The Balaban J connectivity index is 1.94. The fourth-order valence-corrected chi connectivity index (χ4v) is 4.32. The average molecular weight is 300 g/mol. The molecule has 3 aliphatic rings. The molecule has 1 heteroatoms. The Morgan fingerprint density at radius 1 is 1.05 bits per heavy atom. The van der Waals surface area contributed by atoms with Crippen LogP contribution in [-0.2, 0) is 0 Å². The van der Waals surface area contributed by atoms with E-state index in [4.69, 9.17) is 0 Å². The van der Waals surface area contributed by atoms with Gasteiger partial charge in [0.05, 0.1) is 0 Å². The molecule has 122 valence electrons. The Labute approximate surface area is 137 Å². The highest BCUT2D eigenvalue weighted by Crippen LogP contribution is 2.57. The summed E-state index contributed by atoms with van der Waals surface area (Å²) in [5.74, 6) is 0. The number of fused-ring (bicyclic) bond motifs is 3. The third kappa shape index (κ3) is 3.24. The molecule has 1 N–H and O–H groups in total. The molecule has 0 aromatic carbocycles. The van der Waals surface area contributed by atoms with Gasteiger partial charge in [0.25, 0.3) is 0 Å². The van der Waals surface area contributed by atoms with Gasteiger partial charge >= 0.3 is 0 Å². The molecular weight excluding hydrogens is 266 g/mol. The maximum atomic E-state index is 4.26. The van der Waals surface area contributed by atoms with Crippen LogP contribution in [0.2, 0.25) is 0 Å². The van der Waals surface area contributed by atoms with Crippen LogP contribution in [0.3, 0.4) is 0 Å². The van der Waals surface area contributed by atoms with Gasteiger partial charge in [-0.25, -0.2) is 0 Å². The highest BCUT2D eigenvalue weighted by atomic mass is 14.9. The second-order valence-electron chi connectivity index (χ2n) is 7.71. The quantitative estimate of drug-likeness (QED) is 0.454. The molecular formula is C21H33N. The molecule has 3 fully saturated rings. The van der Waals surface area contributed by atoms with Crippen molar-refractivity contribution in [2.75, 3.05) is 6.54 Å². The zero-order chi connectivity index (χ0) is 16.4. The zero-order valence-electron chi connectivity index (χ0n) is 14.9. The van der Waals surface area contributed by atoms with Gasteiger partial charge in [0.1, 0.15) is 0 Å². The molecule has 0 atom stereocenters. The van der Waals surface area contributed by atoms with Gasteiger partial charge in [0, 0.05) is 12.2 Å². The molecule has 0 aromatic rings. The van der Waals surface area contributed by atoms with E-state index in [1.165, 1.54) is 49.7 Å². The SMILES string of the molecule is C=CC12CCC(CNC(=C)C(=C)C(CC)=C(C)C)(CC1)CC2. The molecule has 2 bridgehead atoms. The predicted octanol–water partition coefficient (Wildman–Crippen LogP) is 5.92. The van der Waals surface area contributed by atoms with Crippen LogP contribution in [-0.4, -0.2) is 6.54 Å². The fourth-order valence-electron chi connectivity index (χ4n) is 4.32. The van der Waals surface area contributed by atoms with Crippen molar-refractivity contribution in [3.63, 3.8) is 0 Å². The normalized spacial score (nSPS) is 29.8. The molecule has 0 radical (unpaired) electrons. The predicted molar refractivity (Wildman–Crippen MR) is 97.7 cm³/mol. The summed E-state index contributed by atoms with van der Waals surface area (Å²) in [5, 5.41) is 3.61. The lowest BCUT2D eigenvalue weighted by Gasteiger charge is -2.52. The van der Waals surface area contributed by atoms with E-state index in [9.17, 15) is 0 Å². The van der Waals surface area contributed by atoms with Gasteiger partial charge < -0.3 is 5.32 Å². The van der Waals surface area contributed by atoms with Crippen molar-refractivity contribution in [2.24, 2.45) is 10.8 Å². The van der Waals surface area contributed by atoms with Crippen molar-refractivity contribution >= 4 is 0 Å². The molecule has 3 saturated carbocycles. The average Bonchev–Trinajstić information content (AvgIpc) is 2.54. The third-order valence-electron chi connectivity index (χ3n) is 6.26. The Morgan fingerprint density at radius 3 is 2.00 bits per heavy atom. The van der Waals surface area contributed by atoms with E-state index >= 15 is 0 Å². The molecule has 0 spiro atoms. The molecule has 0 saturated heterocycles. The summed E-state index contributed by atoms with van der Waals surface area (Å²) in [5.41, 5.74) is 5.72. The van der Waals surface area contributed by atoms with E-state index < -0.39 is 0 Å². The van der Waals surface area contributed by atoms with Crippen LogP contribution in [0.25, 0.3) is 0 Å². The molecule has 0 aromatic heterocycles. The summed E-state index contributed by atoms with van der Waals surface area (Å²) < 4.78 is 0. The smallest absolute Gasteiger partial charge is 0.0337 e. The first-order valence-electron chi connectivity index (χ1n) is 8.79. The van der Waals surface area contributed by atoms with Gasteiger partial charge in [-0.2, -0.15) is 0 Å². The fraction of sp³-hybridized carbons (Fsp3) is 0.619. The highest BCUT2D eigenvalue weighted by Gasteiger charge is 2.46. The molecule has 0 heterocycles. The molecule has 3 aliphatic carbocycles. The van der Waals surface area contributed by atoms with Crippen molar-refractivity contribution in [2.45, 2.75) is 65.7 Å². The van der Waals surface area contributed by atoms with Crippen LogP contribution >= 0.6 is 0 Å². The van der Waals surface area contributed by atoms with Crippen molar-refractivity contribution < 1.29 is 0 Å². The van der Waals surface area contributed by atoms with Gasteiger partial charge in [-0.05, 0) is 80.8 Å². The zero-order valence-corrected chi connectivity index (χ0v) is 14.9. The minimum absolute atomic E-state index is 0.458. The van der Waals surface area contributed by atoms with Gasteiger partial charge in [0.15, 0.2) is 0 Å². The van der Waals surface area contributed by atoms with Crippen molar-refractivity contribution in [3.8, 4) is 0 Å². The Morgan fingerprint density at radius 2 is 1.59 bits per heavy atom. The second kappa shape index (κ2) is 6.48. The van der Waals surface area contributed by atoms with Gasteiger partial charge in [0.2, 0.25) is 0 Å². The topological polar surface area (TPSA) is 12.0 Å². The first-order valence-corrected chi connectivity index (χ1v) is 8.79. The maximum absolute atomic E-state index is 4.26. The van der Waals surface area contributed by atoms with Crippen LogP contribution in [0.1, 0.15) is 65.7 Å². The summed E-state index contributed by atoms with van der Waals surface area (Å²) in [4.78, 5) is 0. The number of nitrogens with one attached hydrogen (secondary N) is 1. The lowest BCUT2D eigenvalue weighted by Crippen LogP contribution is -2.45. The number of allylic oxidation sites excluding steroid dienone is 3. The maximum Gasteiger partial charge on any atom is 0.0337 e. The Bertz CT molecular complexity index is 477. The highest BCUT2D eigenvalue weighted by molar-refractivity contribution is 5.44. The van der Waals surface area contributed by atoms with E-state index in [1.807, 2.05) is 0 Å². The third-order valence-corrected chi connectivity index (χ3v) is 6.26. The van der Waals surface area contributed by atoms with E-state index in [0.29, 0.717) is 10.8 Å². The van der Waals surface area contributed by atoms with Gasteiger partial charge in [-0.15, -0.1) is 6.58 Å². The minimum atomic E-state index is 0.458. The summed E-state index contributed by atoms with van der Waals surface area (Å²) in [6.07, 6.45) is 11.2. The van der Waals surface area contributed by atoms with Crippen molar-refractivity contribution in [1.82, 2.24) is 5.32 Å². The monoisotopic (exact) mass is 299 g/mol. The van der Waals surface area contributed by atoms with E-state index in [0.717, 1.165) is 24.2 Å². The van der Waals surface area contributed by atoms with Crippen LogP contribution in [0, 0.1) is 10.8 Å². The van der Waals surface area contributed by atoms with E-state index in [1.54, 1.807) is 0 Å². The van der Waals surface area contributed by atoms with E-state index in [-0.39, 0.29) is 0 Å². The summed E-state index contributed by atoms with van der Waals surface area (Å²) in [6, 6.07) is 0. The lowest BCUT2D eigenvalue weighted by atomic mass is 9.54. The van der Waals surface area contributed by atoms with E-state index in [2.05, 4.69) is 51.9 Å². The second-order valence-corrected chi connectivity index (χ2v) is 7.71. The standard InChI is InChI=1S/C21H33N/c1-7-19(16(3)4)17(5)18(6)22-15-21-12-9-20(8-2,10-13-21)11-14-21/h8,22H,2,5-7,9-15H2,1,3-4H3. The van der Waals surface area contributed by atoms with Crippen LogP contribution in [0.4, 0.5) is 0 Å². The number of hydrogen-bond acceptors (Lipinski definition) is 1. The molecule has 22 heavy (non-hydrogen) atoms. The largest absolute Gasteiger partial charge is 0.384 e. The first-order chi connectivity index (χ1) is 10.4. The van der Waals surface area contributed by atoms with Gasteiger partial charge in [-0.3, -0.25) is 0 Å². The Kier molecular flexibility index (Phi) is 5.04. The molecule has 0 amide bonds. The molecule has 3 rings (SSSR count). The lowest BCUT2D eigenvalue weighted by molar-refractivity contribution is 0.0240. The van der Waals surface area contributed by atoms with Crippen LogP contribution in [0.5, 0.6) is 0 Å².